The van der Waals surface area contributed by atoms with Gasteiger partial charge in [-0.25, -0.2) is 9.97 Å². The molecule has 4 rings (SSSR count). The lowest BCUT2D eigenvalue weighted by Gasteiger charge is -2.36. The molecule has 1 aliphatic rings. The van der Waals surface area contributed by atoms with Crippen molar-refractivity contribution in [3.05, 3.63) is 66.4 Å². The molecule has 0 atom stereocenters. The minimum atomic E-state index is -0.0610. The molecule has 0 bridgehead atoms. The highest BCUT2D eigenvalue weighted by Gasteiger charge is 2.19. The van der Waals surface area contributed by atoms with Crippen LogP contribution in [0.4, 0.5) is 17.2 Å². The summed E-state index contributed by atoms with van der Waals surface area (Å²) in [5.74, 6) is 1.97. The number of thioether (sulfide) groups is 1. The Morgan fingerprint density at radius 1 is 1.06 bits per heavy atom. The number of hydrogen-bond acceptors (Lipinski definition) is 7. The molecule has 1 aliphatic heterocycles. The molecule has 172 valence electrons. The fraction of sp³-hybridized carbons (Fsp3) is 0.320. The summed E-state index contributed by atoms with van der Waals surface area (Å²) in [5.41, 5.74) is 3.19. The Bertz CT molecular complexity index is 1090. The van der Waals surface area contributed by atoms with Crippen LogP contribution >= 0.6 is 11.8 Å². The van der Waals surface area contributed by atoms with Gasteiger partial charge in [0.25, 0.3) is 0 Å². The van der Waals surface area contributed by atoms with Gasteiger partial charge >= 0.3 is 0 Å². The van der Waals surface area contributed by atoms with E-state index in [0.29, 0.717) is 5.16 Å². The maximum Gasteiger partial charge on any atom is 0.234 e. The zero-order valence-electron chi connectivity index (χ0n) is 19.0. The molecule has 0 aliphatic carbocycles. The number of piperazine rings is 1. The smallest absolute Gasteiger partial charge is 0.234 e. The molecular formula is C25H29N5O2S. The van der Waals surface area contributed by atoms with E-state index in [4.69, 9.17) is 4.74 Å². The Balaban J connectivity index is 1.30. The van der Waals surface area contributed by atoms with Crippen molar-refractivity contribution in [3.63, 3.8) is 0 Å². The molecule has 0 radical (unpaired) electrons. The number of anilines is 3. The van der Waals surface area contributed by atoms with Crippen molar-refractivity contribution in [1.29, 1.82) is 0 Å². The van der Waals surface area contributed by atoms with E-state index in [9.17, 15) is 4.79 Å². The van der Waals surface area contributed by atoms with E-state index in [1.165, 1.54) is 23.0 Å². The minimum Gasteiger partial charge on any atom is -0.497 e. The predicted molar refractivity (Wildman–Crippen MR) is 135 cm³/mol. The first-order valence-corrected chi connectivity index (χ1v) is 12.1. The van der Waals surface area contributed by atoms with Crippen LogP contribution in [0.1, 0.15) is 12.5 Å². The molecule has 0 spiro atoms. The van der Waals surface area contributed by atoms with Crippen LogP contribution in [0.3, 0.4) is 0 Å². The maximum atomic E-state index is 12.4. The largest absolute Gasteiger partial charge is 0.497 e. The number of rotatable bonds is 8. The van der Waals surface area contributed by atoms with Gasteiger partial charge in [-0.3, -0.25) is 4.79 Å². The summed E-state index contributed by atoms with van der Waals surface area (Å²) in [5, 5.41) is 3.56. The fourth-order valence-corrected chi connectivity index (χ4v) is 4.40. The van der Waals surface area contributed by atoms with Crippen LogP contribution in [-0.4, -0.2) is 54.9 Å². The molecule has 3 aromatic rings. The van der Waals surface area contributed by atoms with E-state index in [1.807, 2.05) is 36.4 Å². The number of amides is 1. The molecule has 1 N–H and O–H groups in total. The second-order valence-electron chi connectivity index (χ2n) is 7.76. The van der Waals surface area contributed by atoms with Crippen LogP contribution in [0, 0.1) is 0 Å². The van der Waals surface area contributed by atoms with Gasteiger partial charge < -0.3 is 19.9 Å². The average molecular weight is 464 g/mol. The first kappa shape index (κ1) is 22.9. The summed E-state index contributed by atoms with van der Waals surface area (Å²) < 4.78 is 5.35. The molecule has 0 saturated carbocycles. The van der Waals surface area contributed by atoms with Crippen LogP contribution in [0.25, 0.3) is 0 Å². The number of aromatic nitrogens is 2. The van der Waals surface area contributed by atoms with Crippen LogP contribution in [0.5, 0.6) is 5.75 Å². The summed E-state index contributed by atoms with van der Waals surface area (Å²) in [6, 6.07) is 18.0. The Morgan fingerprint density at radius 2 is 1.85 bits per heavy atom. The molecule has 1 saturated heterocycles. The predicted octanol–water partition coefficient (Wildman–Crippen LogP) is 4.11. The van der Waals surface area contributed by atoms with Crippen molar-refractivity contribution in [2.24, 2.45) is 0 Å². The lowest BCUT2D eigenvalue weighted by Crippen LogP contribution is -2.46. The van der Waals surface area contributed by atoms with Crippen molar-refractivity contribution >= 4 is 34.9 Å². The van der Waals surface area contributed by atoms with E-state index in [2.05, 4.69) is 50.2 Å². The number of hydrogen-bond donors (Lipinski definition) is 1. The van der Waals surface area contributed by atoms with E-state index in [-0.39, 0.29) is 11.7 Å². The van der Waals surface area contributed by atoms with Gasteiger partial charge in [-0.2, -0.15) is 0 Å². The van der Waals surface area contributed by atoms with Crippen molar-refractivity contribution in [3.8, 4) is 5.75 Å². The number of carbonyl (C=O) groups excluding carboxylic acids is 1. The van der Waals surface area contributed by atoms with Gasteiger partial charge in [0.15, 0.2) is 5.16 Å². The van der Waals surface area contributed by atoms with Crippen LogP contribution in [-0.2, 0) is 11.2 Å². The molecule has 0 unspecified atom stereocenters. The van der Waals surface area contributed by atoms with Crippen molar-refractivity contribution in [2.45, 2.75) is 18.5 Å². The van der Waals surface area contributed by atoms with Crippen LogP contribution in [0.2, 0.25) is 0 Å². The number of nitrogens with zero attached hydrogens (tertiary/aromatic N) is 4. The molecule has 7 nitrogen and oxygen atoms in total. The number of carbonyl (C=O) groups is 1. The summed E-state index contributed by atoms with van der Waals surface area (Å²) in [7, 11) is 1.69. The van der Waals surface area contributed by atoms with Gasteiger partial charge in [0, 0.05) is 49.8 Å². The number of benzene rings is 2. The van der Waals surface area contributed by atoms with Gasteiger partial charge in [0.1, 0.15) is 11.6 Å². The average Bonchev–Trinajstić information content (AvgIpc) is 2.88. The lowest BCUT2D eigenvalue weighted by molar-refractivity contribution is -0.113. The van der Waals surface area contributed by atoms with Crippen LogP contribution < -0.4 is 19.9 Å². The summed E-state index contributed by atoms with van der Waals surface area (Å²) in [6.07, 6.45) is 2.70. The van der Waals surface area contributed by atoms with Crippen LogP contribution in [0.15, 0.2) is 66.0 Å². The standard InChI is InChI=1S/C25H29N5O2S/c1-3-19-6-4-7-20(16-19)27-24(31)18-33-25-26-11-10-23(28-25)30-14-12-29(13-15-30)21-8-5-9-22(17-21)32-2/h4-11,16-17H,3,12-15,18H2,1-2H3,(H,27,31). The Kier molecular flexibility index (Phi) is 7.67. The second kappa shape index (κ2) is 11.0. The minimum absolute atomic E-state index is 0.0610. The third-order valence-corrected chi connectivity index (χ3v) is 6.45. The third kappa shape index (κ3) is 6.16. The Hall–Kier alpha value is -3.26. The van der Waals surface area contributed by atoms with E-state index in [0.717, 1.165) is 49.9 Å². The van der Waals surface area contributed by atoms with Crippen molar-refractivity contribution in [2.75, 3.05) is 54.2 Å². The van der Waals surface area contributed by atoms with Gasteiger partial charge in [0.05, 0.1) is 12.9 Å². The van der Waals surface area contributed by atoms with E-state index >= 15 is 0 Å². The molecular weight excluding hydrogens is 434 g/mol. The molecule has 1 amide bonds. The topological polar surface area (TPSA) is 70.6 Å². The lowest BCUT2D eigenvalue weighted by atomic mass is 10.1. The molecule has 33 heavy (non-hydrogen) atoms. The SMILES string of the molecule is CCc1cccc(NC(=O)CSc2nccc(N3CCN(c4cccc(OC)c4)CC3)n2)c1. The normalized spacial score (nSPS) is 13.6. The highest BCUT2D eigenvalue weighted by atomic mass is 32.2. The molecule has 1 fully saturated rings. The maximum absolute atomic E-state index is 12.4. The number of aryl methyl sites for hydroxylation is 1. The Labute approximate surface area is 199 Å². The first-order chi connectivity index (χ1) is 16.1. The Morgan fingerprint density at radius 3 is 2.64 bits per heavy atom. The summed E-state index contributed by atoms with van der Waals surface area (Å²) in [6.45, 7) is 5.64. The number of ether oxygens (including phenoxy) is 1. The molecule has 8 heteroatoms. The fourth-order valence-electron chi connectivity index (χ4n) is 3.77. The van der Waals surface area contributed by atoms with Crippen molar-refractivity contribution in [1.82, 2.24) is 9.97 Å². The third-order valence-electron chi connectivity index (χ3n) is 5.59. The molecule has 2 aromatic carbocycles. The highest BCUT2D eigenvalue weighted by Crippen LogP contribution is 2.24. The van der Waals surface area contributed by atoms with Gasteiger partial charge in [-0.15, -0.1) is 0 Å². The van der Waals surface area contributed by atoms with E-state index in [1.54, 1.807) is 13.3 Å². The summed E-state index contributed by atoms with van der Waals surface area (Å²) >= 11 is 1.35. The number of nitrogens with one attached hydrogen (secondary N) is 1. The first-order valence-electron chi connectivity index (χ1n) is 11.1. The highest BCUT2D eigenvalue weighted by molar-refractivity contribution is 7.99. The molecule has 2 heterocycles. The zero-order valence-corrected chi connectivity index (χ0v) is 19.8. The molecule has 1 aromatic heterocycles. The monoisotopic (exact) mass is 463 g/mol. The van der Waals surface area contributed by atoms with Crippen molar-refractivity contribution < 1.29 is 9.53 Å². The number of methoxy groups -OCH3 is 1. The summed E-state index contributed by atoms with van der Waals surface area (Å²) in [4.78, 5) is 26.0. The zero-order chi connectivity index (χ0) is 23.0. The van der Waals surface area contributed by atoms with E-state index < -0.39 is 0 Å². The van der Waals surface area contributed by atoms with Gasteiger partial charge in [0.2, 0.25) is 5.91 Å². The van der Waals surface area contributed by atoms with Gasteiger partial charge in [-0.1, -0.05) is 36.9 Å². The second-order valence-corrected chi connectivity index (χ2v) is 8.71. The van der Waals surface area contributed by atoms with Gasteiger partial charge in [-0.05, 0) is 42.3 Å². The quantitative estimate of drug-likeness (QED) is 0.398.